The topological polar surface area (TPSA) is 52.6 Å². The molecule has 0 spiro atoms. The highest BCUT2D eigenvalue weighted by Crippen LogP contribution is 2.15. The Balaban J connectivity index is 2.49. The number of aliphatic hydroxyl groups is 1. The molecule has 0 aromatic heterocycles. The quantitative estimate of drug-likeness (QED) is 0.710. The zero-order valence-corrected chi connectivity index (χ0v) is 10.1. The molecular formula is C11H22N2O2. The van der Waals surface area contributed by atoms with Gasteiger partial charge in [0.2, 0.25) is 5.91 Å². The van der Waals surface area contributed by atoms with E-state index in [4.69, 9.17) is 0 Å². The molecule has 0 aromatic rings. The Morgan fingerprint density at radius 1 is 1.60 bits per heavy atom. The zero-order valence-electron chi connectivity index (χ0n) is 10.1. The van der Waals surface area contributed by atoms with Crippen LogP contribution in [0.15, 0.2) is 0 Å². The molecule has 4 nitrogen and oxygen atoms in total. The van der Waals surface area contributed by atoms with Crippen molar-refractivity contribution in [3.05, 3.63) is 0 Å². The summed E-state index contributed by atoms with van der Waals surface area (Å²) in [6.07, 6.45) is 0.840. The highest BCUT2D eigenvalue weighted by molar-refractivity contribution is 5.84. The van der Waals surface area contributed by atoms with Crippen LogP contribution in [0.25, 0.3) is 0 Å². The smallest absolute Gasteiger partial charge is 0.239 e. The standard InChI is InChI=1S/C11H22N2O2/c1-8(2)12-9-5-6-13(10(9)14)7-11(3,4)15/h8-9,12,15H,5-7H2,1-4H3. The van der Waals surface area contributed by atoms with Gasteiger partial charge in [-0.1, -0.05) is 13.8 Å². The van der Waals surface area contributed by atoms with Crippen molar-refractivity contribution in [3.63, 3.8) is 0 Å². The second-order valence-corrected chi connectivity index (χ2v) is 5.23. The van der Waals surface area contributed by atoms with Gasteiger partial charge in [-0.3, -0.25) is 4.79 Å². The van der Waals surface area contributed by atoms with Crippen molar-refractivity contribution in [2.45, 2.75) is 51.8 Å². The summed E-state index contributed by atoms with van der Waals surface area (Å²) in [6.45, 7) is 8.68. The summed E-state index contributed by atoms with van der Waals surface area (Å²) in [5.74, 6) is 0.117. The van der Waals surface area contributed by atoms with Crippen LogP contribution in [0.2, 0.25) is 0 Å². The molecule has 15 heavy (non-hydrogen) atoms. The van der Waals surface area contributed by atoms with Gasteiger partial charge in [-0.15, -0.1) is 0 Å². The van der Waals surface area contributed by atoms with Gasteiger partial charge in [-0.2, -0.15) is 0 Å². The Morgan fingerprint density at radius 3 is 2.67 bits per heavy atom. The third kappa shape index (κ3) is 3.80. The lowest BCUT2D eigenvalue weighted by atomic mass is 10.1. The average Bonchev–Trinajstić information content (AvgIpc) is 2.32. The fraction of sp³-hybridized carbons (Fsp3) is 0.909. The molecule has 0 bridgehead atoms. The van der Waals surface area contributed by atoms with Crippen molar-refractivity contribution in [1.82, 2.24) is 10.2 Å². The zero-order chi connectivity index (χ0) is 11.6. The number of nitrogens with zero attached hydrogens (tertiary/aromatic N) is 1. The molecule has 1 aliphatic heterocycles. The molecule has 1 atom stereocenters. The fourth-order valence-corrected chi connectivity index (χ4v) is 1.92. The number of carbonyl (C=O) groups is 1. The fourth-order valence-electron chi connectivity index (χ4n) is 1.92. The molecule has 0 radical (unpaired) electrons. The number of carbonyl (C=O) groups excluding carboxylic acids is 1. The third-order valence-corrected chi connectivity index (χ3v) is 2.41. The first-order valence-corrected chi connectivity index (χ1v) is 5.57. The van der Waals surface area contributed by atoms with E-state index in [-0.39, 0.29) is 11.9 Å². The molecule has 4 heteroatoms. The maximum Gasteiger partial charge on any atom is 0.239 e. The van der Waals surface area contributed by atoms with Crippen LogP contribution in [0.5, 0.6) is 0 Å². The van der Waals surface area contributed by atoms with Crippen molar-refractivity contribution >= 4 is 5.91 Å². The first-order chi connectivity index (χ1) is 6.79. The number of β-amino-alcohol motifs (C(OH)–C–C–N with tert-alkyl or cyclic N) is 1. The number of rotatable bonds is 4. The Kier molecular flexibility index (Phi) is 3.73. The van der Waals surface area contributed by atoms with Gasteiger partial charge in [-0.25, -0.2) is 0 Å². The molecule has 1 saturated heterocycles. The number of hydrogen-bond donors (Lipinski definition) is 2. The largest absolute Gasteiger partial charge is 0.389 e. The Labute approximate surface area is 91.6 Å². The van der Waals surface area contributed by atoms with Crippen molar-refractivity contribution < 1.29 is 9.90 Å². The van der Waals surface area contributed by atoms with E-state index in [1.54, 1.807) is 18.7 Å². The van der Waals surface area contributed by atoms with Gasteiger partial charge in [0.05, 0.1) is 11.6 Å². The lowest BCUT2D eigenvalue weighted by molar-refractivity contribution is -0.132. The predicted molar refractivity (Wildman–Crippen MR) is 59.6 cm³/mol. The minimum Gasteiger partial charge on any atom is -0.389 e. The van der Waals surface area contributed by atoms with E-state index in [1.165, 1.54) is 0 Å². The predicted octanol–water partition coefficient (Wildman–Crippen LogP) is 0.356. The second-order valence-electron chi connectivity index (χ2n) is 5.23. The van der Waals surface area contributed by atoms with E-state index >= 15 is 0 Å². The van der Waals surface area contributed by atoms with Crippen molar-refractivity contribution in [2.24, 2.45) is 0 Å². The highest BCUT2D eigenvalue weighted by atomic mass is 16.3. The Morgan fingerprint density at radius 2 is 2.20 bits per heavy atom. The summed E-state index contributed by atoms with van der Waals surface area (Å²) < 4.78 is 0. The van der Waals surface area contributed by atoms with Gasteiger partial charge < -0.3 is 15.3 Å². The first-order valence-electron chi connectivity index (χ1n) is 5.57. The Hall–Kier alpha value is -0.610. The Bertz CT molecular complexity index is 233. The van der Waals surface area contributed by atoms with E-state index < -0.39 is 5.60 Å². The molecule has 1 unspecified atom stereocenters. The molecule has 0 aliphatic carbocycles. The van der Waals surface area contributed by atoms with Crippen LogP contribution in [-0.2, 0) is 4.79 Å². The van der Waals surface area contributed by atoms with Crippen LogP contribution in [-0.4, -0.2) is 46.7 Å². The van der Waals surface area contributed by atoms with E-state index in [2.05, 4.69) is 5.32 Å². The van der Waals surface area contributed by atoms with Crippen molar-refractivity contribution in [1.29, 1.82) is 0 Å². The molecule has 1 rings (SSSR count). The van der Waals surface area contributed by atoms with E-state index in [0.717, 1.165) is 13.0 Å². The molecule has 1 amide bonds. The first kappa shape index (κ1) is 12.5. The molecule has 1 fully saturated rings. The lowest BCUT2D eigenvalue weighted by Gasteiger charge is -2.25. The van der Waals surface area contributed by atoms with Gasteiger partial charge >= 0.3 is 0 Å². The normalized spacial score (nSPS) is 22.9. The number of nitrogens with one attached hydrogen (secondary N) is 1. The summed E-state index contributed by atoms with van der Waals surface area (Å²) in [5.41, 5.74) is -0.803. The molecule has 1 aliphatic rings. The van der Waals surface area contributed by atoms with Crippen LogP contribution in [0.4, 0.5) is 0 Å². The van der Waals surface area contributed by atoms with Gasteiger partial charge in [0.1, 0.15) is 0 Å². The number of likely N-dealkylation sites (tertiary alicyclic amines) is 1. The molecule has 2 N–H and O–H groups in total. The number of hydrogen-bond acceptors (Lipinski definition) is 3. The van der Waals surface area contributed by atoms with Gasteiger partial charge in [0.15, 0.2) is 0 Å². The van der Waals surface area contributed by atoms with Crippen molar-refractivity contribution in [3.8, 4) is 0 Å². The molecule has 0 aromatic carbocycles. The second kappa shape index (κ2) is 4.49. The van der Waals surface area contributed by atoms with Gasteiger partial charge in [0.25, 0.3) is 0 Å². The molecule has 0 saturated carbocycles. The molecule has 1 heterocycles. The van der Waals surface area contributed by atoms with E-state index in [1.807, 2.05) is 13.8 Å². The maximum absolute atomic E-state index is 11.9. The average molecular weight is 214 g/mol. The monoisotopic (exact) mass is 214 g/mol. The highest BCUT2D eigenvalue weighted by Gasteiger charge is 2.34. The van der Waals surface area contributed by atoms with Crippen LogP contribution in [0.1, 0.15) is 34.1 Å². The maximum atomic E-state index is 11.9. The summed E-state index contributed by atoms with van der Waals surface area (Å²) in [4.78, 5) is 13.6. The summed E-state index contributed by atoms with van der Waals surface area (Å²) >= 11 is 0. The van der Waals surface area contributed by atoms with Crippen LogP contribution >= 0.6 is 0 Å². The van der Waals surface area contributed by atoms with Crippen molar-refractivity contribution in [2.75, 3.05) is 13.1 Å². The van der Waals surface area contributed by atoms with Crippen LogP contribution in [0, 0.1) is 0 Å². The number of amides is 1. The van der Waals surface area contributed by atoms with Gasteiger partial charge in [-0.05, 0) is 20.3 Å². The SMILES string of the molecule is CC(C)NC1CCN(CC(C)(C)O)C1=O. The summed E-state index contributed by atoms with van der Waals surface area (Å²) in [5, 5.41) is 12.9. The summed E-state index contributed by atoms with van der Waals surface area (Å²) in [6, 6.07) is 0.258. The van der Waals surface area contributed by atoms with Crippen LogP contribution in [0.3, 0.4) is 0 Å². The third-order valence-electron chi connectivity index (χ3n) is 2.41. The minimum atomic E-state index is -0.803. The molecule has 88 valence electrons. The summed E-state index contributed by atoms with van der Waals surface area (Å²) in [7, 11) is 0. The van der Waals surface area contributed by atoms with E-state index in [0.29, 0.717) is 12.6 Å². The van der Waals surface area contributed by atoms with Gasteiger partial charge in [0, 0.05) is 19.1 Å². The minimum absolute atomic E-state index is 0.0626. The van der Waals surface area contributed by atoms with E-state index in [9.17, 15) is 9.90 Å². The lowest BCUT2D eigenvalue weighted by Crippen LogP contribution is -2.45. The molecular weight excluding hydrogens is 192 g/mol. The van der Waals surface area contributed by atoms with Crippen LogP contribution < -0.4 is 5.32 Å².